The van der Waals surface area contributed by atoms with Gasteiger partial charge < -0.3 is 10.1 Å². The molecule has 0 aliphatic carbocycles. The highest BCUT2D eigenvalue weighted by atomic mass is 79.9. The molecule has 0 spiro atoms. The molecule has 76 valence electrons. The molecular formula is C9H9BrClNO2. The topological polar surface area (TPSA) is 38.3 Å². The van der Waals surface area contributed by atoms with Gasteiger partial charge in [0.1, 0.15) is 5.75 Å². The van der Waals surface area contributed by atoms with E-state index in [1.165, 1.54) is 7.11 Å². The molecule has 1 amide bonds. The van der Waals surface area contributed by atoms with E-state index in [9.17, 15) is 4.79 Å². The number of amides is 1. The molecule has 1 aromatic rings. The number of rotatable bonds is 3. The Morgan fingerprint density at radius 2 is 2.36 bits per heavy atom. The third kappa shape index (κ3) is 2.89. The van der Waals surface area contributed by atoms with Crippen LogP contribution in [0.4, 0.5) is 5.69 Å². The van der Waals surface area contributed by atoms with Crippen molar-refractivity contribution in [1.82, 2.24) is 0 Å². The van der Waals surface area contributed by atoms with Crippen LogP contribution >= 0.6 is 27.5 Å². The molecular weight excluding hydrogens is 269 g/mol. The van der Waals surface area contributed by atoms with E-state index in [1.807, 2.05) is 0 Å². The first-order valence-electron chi connectivity index (χ1n) is 3.86. The average molecular weight is 279 g/mol. The normalized spacial score (nSPS) is 9.64. The summed E-state index contributed by atoms with van der Waals surface area (Å²) < 4.78 is 5.06. The second kappa shape index (κ2) is 5.22. The maximum atomic E-state index is 11.1. The fourth-order valence-corrected chi connectivity index (χ4v) is 1.27. The summed E-state index contributed by atoms with van der Waals surface area (Å²) in [7, 11) is 1.53. The Morgan fingerprint density at radius 1 is 1.64 bits per heavy atom. The molecule has 0 radical (unpaired) electrons. The van der Waals surface area contributed by atoms with E-state index < -0.39 is 0 Å². The number of anilines is 1. The number of alkyl halides is 1. The first-order valence-corrected chi connectivity index (χ1v) is 5.36. The highest BCUT2D eigenvalue weighted by Crippen LogP contribution is 2.27. The van der Waals surface area contributed by atoms with Crippen molar-refractivity contribution in [3.05, 3.63) is 23.2 Å². The zero-order valence-electron chi connectivity index (χ0n) is 7.51. The zero-order valence-corrected chi connectivity index (χ0v) is 9.85. The first-order chi connectivity index (χ1) is 6.67. The lowest BCUT2D eigenvalue weighted by Gasteiger charge is -2.09. The summed E-state index contributed by atoms with van der Waals surface area (Å²) in [5.74, 6) is 0.439. The van der Waals surface area contributed by atoms with E-state index in [-0.39, 0.29) is 11.2 Å². The van der Waals surface area contributed by atoms with Crippen molar-refractivity contribution in [2.24, 2.45) is 0 Å². The largest absolute Gasteiger partial charge is 0.495 e. The molecule has 5 heteroatoms. The van der Waals surface area contributed by atoms with Crippen LogP contribution in [0, 0.1) is 0 Å². The molecule has 0 bridgehead atoms. The Hall–Kier alpha value is -0.740. The van der Waals surface area contributed by atoms with Gasteiger partial charge in [-0.15, -0.1) is 0 Å². The Kier molecular flexibility index (Phi) is 4.22. The third-order valence-corrected chi connectivity index (χ3v) is 2.30. The van der Waals surface area contributed by atoms with E-state index >= 15 is 0 Å². The Bertz CT molecular complexity index is 344. The van der Waals surface area contributed by atoms with Gasteiger partial charge in [0.25, 0.3) is 0 Å². The highest BCUT2D eigenvalue weighted by molar-refractivity contribution is 9.09. The van der Waals surface area contributed by atoms with Crippen LogP contribution in [0.15, 0.2) is 18.2 Å². The third-order valence-electron chi connectivity index (χ3n) is 1.56. The second-order valence-electron chi connectivity index (χ2n) is 2.53. The highest BCUT2D eigenvalue weighted by Gasteiger charge is 2.06. The van der Waals surface area contributed by atoms with E-state index in [2.05, 4.69) is 21.2 Å². The van der Waals surface area contributed by atoms with Crippen LogP contribution in [0.1, 0.15) is 0 Å². The van der Waals surface area contributed by atoms with Crippen LogP contribution in [0.5, 0.6) is 5.75 Å². The van der Waals surface area contributed by atoms with Crippen molar-refractivity contribution in [1.29, 1.82) is 0 Å². The number of methoxy groups -OCH3 is 1. The molecule has 0 heterocycles. The molecule has 0 unspecified atom stereocenters. The summed E-state index contributed by atoms with van der Waals surface area (Å²) in [6, 6.07) is 5.04. The standard InChI is InChI=1S/C9H9BrClNO2/c1-14-8-3-2-6(11)4-7(8)12-9(13)5-10/h2-4H,5H2,1H3,(H,12,13). The minimum Gasteiger partial charge on any atom is -0.495 e. The van der Waals surface area contributed by atoms with Crippen molar-refractivity contribution in [3.63, 3.8) is 0 Å². The number of carbonyl (C=O) groups excluding carboxylic acids is 1. The van der Waals surface area contributed by atoms with Gasteiger partial charge in [-0.3, -0.25) is 4.79 Å². The molecule has 0 aromatic heterocycles. The van der Waals surface area contributed by atoms with Gasteiger partial charge in [0.15, 0.2) is 0 Å². The van der Waals surface area contributed by atoms with Gasteiger partial charge in [-0.05, 0) is 18.2 Å². The van der Waals surface area contributed by atoms with Gasteiger partial charge in [0, 0.05) is 5.02 Å². The Balaban J connectivity index is 2.93. The predicted octanol–water partition coefficient (Wildman–Crippen LogP) is 2.68. The van der Waals surface area contributed by atoms with Crippen LogP contribution in [0.2, 0.25) is 5.02 Å². The number of nitrogens with one attached hydrogen (secondary N) is 1. The first kappa shape index (κ1) is 11.3. The lowest BCUT2D eigenvalue weighted by Crippen LogP contribution is -2.12. The van der Waals surface area contributed by atoms with Crippen LogP contribution < -0.4 is 10.1 Å². The molecule has 0 aliphatic heterocycles. The van der Waals surface area contributed by atoms with Crippen molar-refractivity contribution in [3.8, 4) is 5.75 Å². The Morgan fingerprint density at radius 3 is 2.93 bits per heavy atom. The number of hydrogen-bond donors (Lipinski definition) is 1. The molecule has 0 aliphatic rings. The smallest absolute Gasteiger partial charge is 0.235 e. The van der Waals surface area contributed by atoms with Gasteiger partial charge >= 0.3 is 0 Å². The predicted molar refractivity (Wildman–Crippen MR) is 60.4 cm³/mol. The van der Waals surface area contributed by atoms with Crippen LogP contribution in [0.25, 0.3) is 0 Å². The van der Waals surface area contributed by atoms with E-state index in [4.69, 9.17) is 16.3 Å². The lowest BCUT2D eigenvalue weighted by molar-refractivity contribution is -0.113. The maximum Gasteiger partial charge on any atom is 0.235 e. The number of ether oxygens (including phenoxy) is 1. The van der Waals surface area contributed by atoms with E-state index in [0.29, 0.717) is 16.5 Å². The minimum atomic E-state index is -0.148. The molecule has 14 heavy (non-hydrogen) atoms. The van der Waals surface area contributed by atoms with Crippen LogP contribution in [-0.4, -0.2) is 18.3 Å². The molecule has 0 fully saturated rings. The summed E-state index contributed by atoms with van der Waals surface area (Å²) in [6.07, 6.45) is 0. The Labute approximate surface area is 95.5 Å². The van der Waals surface area contributed by atoms with Crippen molar-refractivity contribution in [2.75, 3.05) is 17.8 Å². The monoisotopic (exact) mass is 277 g/mol. The molecule has 0 saturated heterocycles. The fourth-order valence-electron chi connectivity index (χ4n) is 0.961. The quantitative estimate of drug-likeness (QED) is 0.863. The fraction of sp³-hybridized carbons (Fsp3) is 0.222. The number of hydrogen-bond acceptors (Lipinski definition) is 2. The summed E-state index contributed by atoms with van der Waals surface area (Å²) in [4.78, 5) is 11.1. The number of benzene rings is 1. The lowest BCUT2D eigenvalue weighted by atomic mass is 10.3. The number of carbonyl (C=O) groups is 1. The van der Waals surface area contributed by atoms with Crippen LogP contribution in [0.3, 0.4) is 0 Å². The molecule has 0 atom stereocenters. The maximum absolute atomic E-state index is 11.1. The van der Waals surface area contributed by atoms with Crippen molar-refractivity contribution < 1.29 is 9.53 Å². The van der Waals surface area contributed by atoms with E-state index in [0.717, 1.165) is 0 Å². The summed E-state index contributed by atoms with van der Waals surface area (Å²) in [5, 5.41) is 3.45. The zero-order chi connectivity index (χ0) is 10.6. The SMILES string of the molecule is COc1ccc(Cl)cc1NC(=O)CBr. The summed E-state index contributed by atoms with van der Waals surface area (Å²) in [5.41, 5.74) is 0.574. The molecule has 0 saturated carbocycles. The molecule has 3 nitrogen and oxygen atoms in total. The van der Waals surface area contributed by atoms with Gasteiger partial charge in [-0.2, -0.15) is 0 Å². The van der Waals surface area contributed by atoms with Gasteiger partial charge in [0.2, 0.25) is 5.91 Å². The van der Waals surface area contributed by atoms with Gasteiger partial charge in [0.05, 0.1) is 18.1 Å². The summed E-state index contributed by atoms with van der Waals surface area (Å²) >= 11 is 8.83. The molecule has 1 aromatic carbocycles. The number of halogens is 2. The molecule has 1 rings (SSSR count). The second-order valence-corrected chi connectivity index (χ2v) is 3.52. The van der Waals surface area contributed by atoms with Crippen molar-refractivity contribution in [2.45, 2.75) is 0 Å². The minimum absolute atomic E-state index is 0.148. The summed E-state index contributed by atoms with van der Waals surface area (Å²) in [6.45, 7) is 0. The van der Waals surface area contributed by atoms with Gasteiger partial charge in [-0.1, -0.05) is 27.5 Å². The average Bonchev–Trinajstić information content (AvgIpc) is 2.18. The van der Waals surface area contributed by atoms with E-state index in [1.54, 1.807) is 18.2 Å². The van der Waals surface area contributed by atoms with Crippen molar-refractivity contribution >= 4 is 39.1 Å². The molecule has 1 N–H and O–H groups in total. The van der Waals surface area contributed by atoms with Gasteiger partial charge in [-0.25, -0.2) is 0 Å². The van der Waals surface area contributed by atoms with Crippen LogP contribution in [-0.2, 0) is 4.79 Å².